The first-order chi connectivity index (χ1) is 8.27. The first-order valence-electron chi connectivity index (χ1n) is 6.97. The summed E-state index contributed by atoms with van der Waals surface area (Å²) in [6.45, 7) is 12.1. The summed E-state index contributed by atoms with van der Waals surface area (Å²) in [5, 5.41) is 0. The summed E-state index contributed by atoms with van der Waals surface area (Å²) in [7, 11) is 4.09. The maximum atomic E-state index is 12.2. The molecule has 1 saturated heterocycles. The Morgan fingerprint density at radius 3 is 2.50 bits per heavy atom. The van der Waals surface area contributed by atoms with Gasteiger partial charge in [0.15, 0.2) is 0 Å². The molecular weight excluding hydrogens is 226 g/mol. The Labute approximate surface area is 112 Å². The van der Waals surface area contributed by atoms with Crippen molar-refractivity contribution >= 4 is 5.91 Å². The van der Waals surface area contributed by atoms with Crippen molar-refractivity contribution in [3.8, 4) is 0 Å². The number of carbonyl (C=O) groups is 1. The van der Waals surface area contributed by atoms with Gasteiger partial charge in [-0.2, -0.15) is 0 Å². The molecule has 4 heteroatoms. The molecule has 0 aromatic rings. The van der Waals surface area contributed by atoms with Crippen LogP contribution in [0, 0.1) is 0 Å². The van der Waals surface area contributed by atoms with Crippen molar-refractivity contribution in [2.75, 3.05) is 40.3 Å². The van der Waals surface area contributed by atoms with Crippen molar-refractivity contribution in [3.63, 3.8) is 0 Å². The van der Waals surface area contributed by atoms with E-state index in [-0.39, 0.29) is 11.4 Å². The average Bonchev–Trinajstić information content (AvgIpc) is 2.29. The lowest BCUT2D eigenvalue weighted by Crippen LogP contribution is -2.61. The molecule has 1 aliphatic heterocycles. The van der Waals surface area contributed by atoms with Crippen LogP contribution in [0.1, 0.15) is 34.1 Å². The fourth-order valence-corrected chi connectivity index (χ4v) is 2.47. The fraction of sp³-hybridized carbons (Fsp3) is 0.929. The van der Waals surface area contributed by atoms with Crippen LogP contribution < -0.4 is 0 Å². The van der Waals surface area contributed by atoms with Gasteiger partial charge in [0.1, 0.15) is 0 Å². The maximum absolute atomic E-state index is 12.2. The Balaban J connectivity index is 2.62. The molecule has 1 heterocycles. The Morgan fingerprint density at radius 1 is 1.39 bits per heavy atom. The van der Waals surface area contributed by atoms with E-state index in [2.05, 4.69) is 37.5 Å². The minimum atomic E-state index is 0.114. The molecule has 0 saturated carbocycles. The van der Waals surface area contributed by atoms with Crippen LogP contribution in [-0.2, 0) is 4.79 Å². The van der Waals surface area contributed by atoms with Crippen LogP contribution >= 0.6 is 0 Å². The van der Waals surface area contributed by atoms with E-state index in [9.17, 15) is 4.79 Å². The van der Waals surface area contributed by atoms with Crippen LogP contribution in [0.15, 0.2) is 0 Å². The number of nitrogens with zero attached hydrogens (tertiary/aromatic N) is 3. The third-order valence-electron chi connectivity index (χ3n) is 4.13. The van der Waals surface area contributed by atoms with Crippen LogP contribution in [0.25, 0.3) is 0 Å². The summed E-state index contributed by atoms with van der Waals surface area (Å²) in [5.41, 5.74) is 0.114. The number of carbonyl (C=O) groups excluding carboxylic acids is 1. The normalized spacial score (nSPS) is 22.9. The number of piperazine rings is 1. The van der Waals surface area contributed by atoms with E-state index in [4.69, 9.17) is 0 Å². The monoisotopic (exact) mass is 255 g/mol. The topological polar surface area (TPSA) is 26.8 Å². The van der Waals surface area contributed by atoms with Crippen LogP contribution in [-0.4, -0.2) is 72.5 Å². The molecule has 4 nitrogen and oxygen atoms in total. The smallest absolute Gasteiger partial charge is 0.236 e. The quantitative estimate of drug-likeness (QED) is 0.740. The Bertz CT molecular complexity index is 289. The Morgan fingerprint density at radius 2 is 2.00 bits per heavy atom. The zero-order chi connectivity index (χ0) is 13.9. The molecular formula is C14H29N3O. The molecule has 0 aromatic heterocycles. The van der Waals surface area contributed by atoms with Crippen molar-refractivity contribution in [2.45, 2.75) is 45.7 Å². The van der Waals surface area contributed by atoms with E-state index in [1.54, 1.807) is 0 Å². The van der Waals surface area contributed by atoms with Gasteiger partial charge >= 0.3 is 0 Å². The minimum Gasteiger partial charge on any atom is -0.339 e. The highest BCUT2D eigenvalue weighted by Crippen LogP contribution is 2.24. The van der Waals surface area contributed by atoms with Crippen molar-refractivity contribution < 1.29 is 4.79 Å². The van der Waals surface area contributed by atoms with Gasteiger partial charge in [0.2, 0.25) is 5.91 Å². The van der Waals surface area contributed by atoms with E-state index < -0.39 is 0 Å². The average molecular weight is 255 g/mol. The molecule has 0 N–H and O–H groups in total. The third kappa shape index (κ3) is 3.69. The van der Waals surface area contributed by atoms with Gasteiger partial charge in [-0.1, -0.05) is 6.92 Å². The van der Waals surface area contributed by atoms with Gasteiger partial charge in [0.25, 0.3) is 0 Å². The predicted octanol–water partition coefficient (Wildman–Crippen LogP) is 1.27. The third-order valence-corrected chi connectivity index (χ3v) is 4.13. The van der Waals surface area contributed by atoms with E-state index in [1.807, 2.05) is 19.0 Å². The maximum Gasteiger partial charge on any atom is 0.236 e. The van der Waals surface area contributed by atoms with Crippen LogP contribution in [0.5, 0.6) is 0 Å². The van der Waals surface area contributed by atoms with Gasteiger partial charge in [-0.05, 0) is 41.3 Å². The van der Waals surface area contributed by atoms with Gasteiger partial charge in [0.05, 0.1) is 6.54 Å². The van der Waals surface area contributed by atoms with Gasteiger partial charge in [-0.3, -0.25) is 9.69 Å². The second-order valence-corrected chi connectivity index (χ2v) is 6.29. The van der Waals surface area contributed by atoms with E-state index in [1.165, 1.54) is 0 Å². The number of hydrogen-bond donors (Lipinski definition) is 0. The van der Waals surface area contributed by atoms with Crippen LogP contribution in [0.4, 0.5) is 0 Å². The zero-order valence-electron chi connectivity index (χ0n) is 12.9. The molecule has 0 unspecified atom stereocenters. The van der Waals surface area contributed by atoms with Crippen molar-refractivity contribution in [2.24, 2.45) is 0 Å². The lowest BCUT2D eigenvalue weighted by Gasteiger charge is -2.47. The first-order valence-corrected chi connectivity index (χ1v) is 6.97. The molecule has 1 aliphatic rings. The van der Waals surface area contributed by atoms with Crippen LogP contribution in [0.3, 0.4) is 0 Å². The predicted molar refractivity (Wildman–Crippen MR) is 75.7 cm³/mol. The van der Waals surface area contributed by atoms with Crippen molar-refractivity contribution in [1.29, 1.82) is 0 Å². The van der Waals surface area contributed by atoms with Gasteiger partial charge in [-0.15, -0.1) is 0 Å². The second kappa shape index (κ2) is 6.02. The summed E-state index contributed by atoms with van der Waals surface area (Å²) in [6, 6.07) is 0.444. The zero-order valence-corrected chi connectivity index (χ0v) is 12.9. The second-order valence-electron chi connectivity index (χ2n) is 6.29. The fourth-order valence-electron chi connectivity index (χ4n) is 2.47. The molecule has 0 radical (unpaired) electrons. The molecule has 106 valence electrons. The molecule has 18 heavy (non-hydrogen) atoms. The van der Waals surface area contributed by atoms with Gasteiger partial charge < -0.3 is 9.80 Å². The molecule has 1 amide bonds. The summed E-state index contributed by atoms with van der Waals surface area (Å²) < 4.78 is 0. The van der Waals surface area contributed by atoms with Crippen molar-refractivity contribution in [3.05, 3.63) is 0 Å². The van der Waals surface area contributed by atoms with Gasteiger partial charge in [0, 0.05) is 31.2 Å². The molecule has 0 spiro atoms. The number of likely N-dealkylation sites (N-methyl/N-ethyl adjacent to an activating group) is 1. The lowest BCUT2D eigenvalue weighted by molar-refractivity contribution is -0.142. The highest BCUT2D eigenvalue weighted by atomic mass is 16.2. The van der Waals surface area contributed by atoms with E-state index in [0.717, 1.165) is 26.1 Å². The number of hydrogen-bond acceptors (Lipinski definition) is 3. The first kappa shape index (κ1) is 15.4. The highest BCUT2D eigenvalue weighted by molar-refractivity contribution is 5.79. The SMILES string of the molecule is CCC(C)(C)N1CC(=O)N(CCN(C)C)C[C@H]1C. The summed E-state index contributed by atoms with van der Waals surface area (Å²) in [4.78, 5) is 18.7. The lowest BCUT2D eigenvalue weighted by atomic mass is 9.95. The Hall–Kier alpha value is -0.610. The van der Waals surface area contributed by atoms with Crippen LogP contribution in [0.2, 0.25) is 0 Å². The molecule has 1 rings (SSSR count). The summed E-state index contributed by atoms with van der Waals surface area (Å²) in [5.74, 6) is 0.275. The summed E-state index contributed by atoms with van der Waals surface area (Å²) >= 11 is 0. The minimum absolute atomic E-state index is 0.114. The highest BCUT2D eigenvalue weighted by Gasteiger charge is 2.36. The number of amides is 1. The Kier molecular flexibility index (Phi) is 5.17. The van der Waals surface area contributed by atoms with E-state index >= 15 is 0 Å². The summed E-state index contributed by atoms with van der Waals surface area (Å²) in [6.07, 6.45) is 1.07. The van der Waals surface area contributed by atoms with E-state index in [0.29, 0.717) is 12.6 Å². The standard InChI is InChI=1S/C14H29N3O/c1-7-14(3,4)17-11-13(18)16(10-12(17)2)9-8-15(5)6/h12H,7-11H2,1-6H3/t12-/m1/s1. The molecule has 1 fully saturated rings. The number of rotatable bonds is 5. The molecule has 0 aliphatic carbocycles. The molecule has 0 bridgehead atoms. The molecule has 0 aromatic carbocycles. The largest absolute Gasteiger partial charge is 0.339 e. The van der Waals surface area contributed by atoms with Gasteiger partial charge in [-0.25, -0.2) is 0 Å². The molecule has 1 atom stereocenters. The van der Waals surface area contributed by atoms with Crippen molar-refractivity contribution in [1.82, 2.24) is 14.7 Å².